The first-order valence-corrected chi connectivity index (χ1v) is 10.6. The zero-order valence-corrected chi connectivity index (χ0v) is 16.4. The fraction of sp³-hybridized carbons (Fsp3) is 0.684. The smallest absolute Gasteiger partial charge is 0.211 e. The summed E-state index contributed by atoms with van der Waals surface area (Å²) in [4.78, 5) is 0. The Bertz CT molecular complexity index is 641. The molecule has 2 N–H and O–H groups in total. The van der Waals surface area contributed by atoms with E-state index in [1.807, 2.05) is 12.1 Å². The summed E-state index contributed by atoms with van der Waals surface area (Å²) in [6.07, 6.45) is 1.84. The van der Waals surface area contributed by atoms with Crippen LogP contribution in [0, 0.1) is 5.41 Å². The second-order valence-corrected chi connectivity index (χ2v) is 10.0. The van der Waals surface area contributed by atoms with Crippen LogP contribution in [0.15, 0.2) is 24.3 Å². The summed E-state index contributed by atoms with van der Waals surface area (Å²) in [6, 6.07) is 8.14. The predicted molar refractivity (Wildman–Crippen MR) is 100 cm³/mol. The van der Waals surface area contributed by atoms with E-state index in [1.54, 1.807) is 0 Å². The number of aryl methyl sites for hydroxylation is 1. The van der Waals surface area contributed by atoms with Crippen LogP contribution in [0.1, 0.15) is 44.7 Å². The van der Waals surface area contributed by atoms with E-state index in [1.165, 1.54) is 5.56 Å². The van der Waals surface area contributed by atoms with Gasteiger partial charge in [0.1, 0.15) is 0 Å². The predicted octanol–water partition coefficient (Wildman–Crippen LogP) is 2.24. The molecule has 25 heavy (non-hydrogen) atoms. The van der Waals surface area contributed by atoms with Gasteiger partial charge >= 0.3 is 0 Å². The molecule has 0 atom stereocenters. The van der Waals surface area contributed by atoms with Crippen LogP contribution in [0.25, 0.3) is 0 Å². The molecule has 0 radical (unpaired) electrons. The molecule has 0 aromatic heterocycles. The molecule has 1 heterocycles. The molecule has 0 amide bonds. The first kappa shape index (κ1) is 20.4. The minimum absolute atomic E-state index is 0.0207. The van der Waals surface area contributed by atoms with Gasteiger partial charge in [-0.3, -0.25) is 0 Å². The van der Waals surface area contributed by atoms with Crippen molar-refractivity contribution in [3.8, 4) is 0 Å². The van der Waals surface area contributed by atoms with Gasteiger partial charge < -0.3 is 9.84 Å². The van der Waals surface area contributed by atoms with Gasteiger partial charge in [-0.05, 0) is 35.8 Å². The molecule has 1 aliphatic rings. The molecule has 1 fully saturated rings. The topological polar surface area (TPSA) is 75.6 Å². The van der Waals surface area contributed by atoms with Gasteiger partial charge in [-0.2, -0.15) is 0 Å². The van der Waals surface area contributed by atoms with Crippen molar-refractivity contribution in [2.45, 2.75) is 45.4 Å². The minimum Gasteiger partial charge on any atom is -0.396 e. The minimum atomic E-state index is -3.37. The van der Waals surface area contributed by atoms with Gasteiger partial charge in [0.25, 0.3) is 0 Å². The lowest BCUT2D eigenvalue weighted by molar-refractivity contribution is -0.0126. The maximum atomic E-state index is 12.3. The highest BCUT2D eigenvalue weighted by molar-refractivity contribution is 7.89. The summed E-state index contributed by atoms with van der Waals surface area (Å²) in [5, 5.41) is 9.65. The van der Waals surface area contributed by atoms with Crippen molar-refractivity contribution >= 4 is 10.0 Å². The largest absolute Gasteiger partial charge is 0.396 e. The van der Waals surface area contributed by atoms with E-state index >= 15 is 0 Å². The molecule has 142 valence electrons. The number of hydrogen-bond donors (Lipinski definition) is 2. The van der Waals surface area contributed by atoms with E-state index in [0.717, 1.165) is 5.56 Å². The number of hydrogen-bond acceptors (Lipinski definition) is 4. The van der Waals surface area contributed by atoms with Crippen molar-refractivity contribution in [2.24, 2.45) is 5.41 Å². The lowest BCUT2D eigenvalue weighted by Crippen LogP contribution is -2.44. The Kier molecular flexibility index (Phi) is 6.65. The summed E-state index contributed by atoms with van der Waals surface area (Å²) in [5.41, 5.74) is 1.96. The lowest BCUT2D eigenvalue weighted by Gasteiger charge is -2.35. The molecular weight excluding hydrogens is 338 g/mol. The molecule has 1 aromatic carbocycles. The van der Waals surface area contributed by atoms with Gasteiger partial charge in [-0.1, -0.05) is 45.0 Å². The zero-order chi connectivity index (χ0) is 18.6. The van der Waals surface area contributed by atoms with Crippen molar-refractivity contribution in [3.05, 3.63) is 35.4 Å². The Labute approximate surface area is 151 Å². The van der Waals surface area contributed by atoms with E-state index in [2.05, 4.69) is 37.6 Å². The second kappa shape index (κ2) is 8.16. The SMILES string of the molecule is CC(C)(C)c1ccc(CCS(=O)(=O)NCC2(CO)CCOCC2)cc1. The summed E-state index contributed by atoms with van der Waals surface area (Å²) < 4.78 is 32.6. The number of benzene rings is 1. The summed E-state index contributed by atoms with van der Waals surface area (Å²) >= 11 is 0. The highest BCUT2D eigenvalue weighted by Gasteiger charge is 2.33. The standard InChI is InChI=1S/C19H31NO4S/c1-18(2,3)17-6-4-16(5-7-17)8-13-25(22,23)20-14-19(15-21)9-11-24-12-10-19/h4-7,20-21H,8-15H2,1-3H3. The maximum Gasteiger partial charge on any atom is 0.211 e. The van der Waals surface area contributed by atoms with E-state index in [0.29, 0.717) is 32.5 Å². The number of rotatable bonds is 7. The lowest BCUT2D eigenvalue weighted by atomic mass is 9.81. The monoisotopic (exact) mass is 369 g/mol. The van der Waals surface area contributed by atoms with Crippen LogP contribution in [0.5, 0.6) is 0 Å². The quantitative estimate of drug-likeness (QED) is 0.773. The van der Waals surface area contributed by atoms with Crippen LogP contribution in [-0.2, 0) is 26.6 Å². The number of sulfonamides is 1. The average molecular weight is 370 g/mol. The first-order valence-electron chi connectivity index (χ1n) is 8.91. The normalized spacial score (nSPS) is 18.2. The van der Waals surface area contributed by atoms with E-state index in [9.17, 15) is 13.5 Å². The summed E-state index contributed by atoms with van der Waals surface area (Å²) in [6.45, 7) is 7.87. The third-order valence-electron chi connectivity index (χ3n) is 5.04. The number of aliphatic hydroxyl groups is 1. The third-order valence-corrected chi connectivity index (χ3v) is 6.36. The van der Waals surface area contributed by atoms with Crippen LogP contribution >= 0.6 is 0 Å². The molecule has 0 aliphatic carbocycles. The molecule has 5 nitrogen and oxygen atoms in total. The molecule has 1 aliphatic heterocycles. The number of ether oxygens (including phenoxy) is 1. The molecule has 0 saturated carbocycles. The Hall–Kier alpha value is -0.950. The Morgan fingerprint density at radius 2 is 1.76 bits per heavy atom. The van der Waals surface area contributed by atoms with Crippen molar-refractivity contribution in [2.75, 3.05) is 32.1 Å². The fourth-order valence-corrected chi connectivity index (χ4v) is 4.13. The molecule has 0 bridgehead atoms. The molecule has 2 rings (SSSR count). The van der Waals surface area contributed by atoms with Crippen LogP contribution in [0.3, 0.4) is 0 Å². The first-order chi connectivity index (χ1) is 11.7. The zero-order valence-electron chi connectivity index (χ0n) is 15.5. The highest BCUT2D eigenvalue weighted by Crippen LogP contribution is 2.29. The van der Waals surface area contributed by atoms with Gasteiger partial charge in [0.05, 0.1) is 12.4 Å². The summed E-state index contributed by atoms with van der Waals surface area (Å²) in [5.74, 6) is 0.0554. The van der Waals surface area contributed by atoms with Crippen LogP contribution in [0.2, 0.25) is 0 Å². The fourth-order valence-electron chi connectivity index (χ4n) is 2.95. The van der Waals surface area contributed by atoms with Crippen molar-refractivity contribution in [1.82, 2.24) is 4.72 Å². The van der Waals surface area contributed by atoms with E-state index in [4.69, 9.17) is 4.74 Å². The Morgan fingerprint density at radius 1 is 1.16 bits per heavy atom. The maximum absolute atomic E-state index is 12.3. The van der Waals surface area contributed by atoms with Crippen LogP contribution < -0.4 is 4.72 Å². The molecule has 1 aromatic rings. The molecule has 1 saturated heterocycles. The van der Waals surface area contributed by atoms with Crippen molar-refractivity contribution < 1.29 is 18.3 Å². The average Bonchev–Trinajstić information content (AvgIpc) is 2.59. The van der Waals surface area contributed by atoms with Gasteiger partial charge in [0, 0.05) is 25.2 Å². The van der Waals surface area contributed by atoms with Crippen molar-refractivity contribution in [3.63, 3.8) is 0 Å². The Morgan fingerprint density at radius 3 is 2.28 bits per heavy atom. The molecule has 0 unspecified atom stereocenters. The van der Waals surface area contributed by atoms with Gasteiger partial charge in [0.15, 0.2) is 0 Å². The third kappa shape index (κ3) is 6.06. The molecular formula is C19H31NO4S. The molecule has 6 heteroatoms. The number of nitrogens with one attached hydrogen (secondary N) is 1. The second-order valence-electron chi connectivity index (χ2n) is 8.11. The van der Waals surface area contributed by atoms with Gasteiger partial charge in [-0.25, -0.2) is 13.1 Å². The van der Waals surface area contributed by atoms with Gasteiger partial charge in [0.2, 0.25) is 10.0 Å². The van der Waals surface area contributed by atoms with Crippen LogP contribution in [0.4, 0.5) is 0 Å². The number of aliphatic hydroxyl groups excluding tert-OH is 1. The Balaban J connectivity index is 1.88. The van der Waals surface area contributed by atoms with Gasteiger partial charge in [-0.15, -0.1) is 0 Å². The van der Waals surface area contributed by atoms with Crippen molar-refractivity contribution in [1.29, 1.82) is 0 Å². The highest BCUT2D eigenvalue weighted by atomic mass is 32.2. The summed E-state index contributed by atoms with van der Waals surface area (Å²) in [7, 11) is -3.37. The molecule has 0 spiro atoms. The van der Waals surface area contributed by atoms with Crippen LogP contribution in [-0.4, -0.2) is 45.6 Å². The van der Waals surface area contributed by atoms with E-state index < -0.39 is 10.0 Å². The van der Waals surface area contributed by atoms with E-state index in [-0.39, 0.29) is 29.7 Å².